The van der Waals surface area contributed by atoms with Crippen LogP contribution in [0, 0.1) is 17.8 Å². The summed E-state index contributed by atoms with van der Waals surface area (Å²) in [6, 6.07) is 11.4. The topological polar surface area (TPSA) is 95.9 Å². The number of allylic oxidation sites excluding steroid dienone is 1. The Labute approximate surface area is 280 Å². The minimum atomic E-state index is -3.86. The molecule has 1 amide bonds. The fraction of sp³-hybridized carbons (Fsp3) is 0.595. The first-order valence-corrected chi connectivity index (χ1v) is 19.1. The van der Waals surface area contributed by atoms with E-state index in [1.165, 1.54) is 11.1 Å². The first-order chi connectivity index (χ1) is 22.0. The molecule has 1 saturated carbocycles. The fourth-order valence-electron chi connectivity index (χ4n) is 7.63. The number of fused-ring (bicyclic) bond motifs is 3. The first-order valence-electron chi connectivity index (χ1n) is 17.2. The monoisotopic (exact) mass is 670 g/mol. The minimum absolute atomic E-state index is 0.0710. The van der Waals surface area contributed by atoms with E-state index in [0.29, 0.717) is 25.4 Å². The number of nitrogens with one attached hydrogen (secondary N) is 1. The number of sulfonamides is 1. The van der Waals surface area contributed by atoms with Crippen LogP contribution in [0.15, 0.2) is 48.6 Å². The molecule has 0 radical (unpaired) electrons. The molecule has 2 aliphatic carbocycles. The number of amides is 1. The summed E-state index contributed by atoms with van der Waals surface area (Å²) >= 11 is 6.42. The van der Waals surface area contributed by atoms with Crippen LogP contribution in [0.1, 0.15) is 101 Å². The van der Waals surface area contributed by atoms with E-state index < -0.39 is 27.3 Å². The highest BCUT2D eigenvalue weighted by Crippen LogP contribution is 2.46. The molecule has 2 N–H and O–H groups in total. The van der Waals surface area contributed by atoms with E-state index in [-0.39, 0.29) is 28.7 Å². The van der Waals surface area contributed by atoms with E-state index in [9.17, 15) is 18.3 Å². The van der Waals surface area contributed by atoms with Crippen molar-refractivity contribution in [3.05, 3.63) is 70.3 Å². The molecule has 3 aliphatic rings. The third kappa shape index (κ3) is 7.44. The van der Waals surface area contributed by atoms with E-state index in [4.69, 9.17) is 16.3 Å². The maximum Gasteiger partial charge on any atom is 0.264 e. The zero-order valence-electron chi connectivity index (χ0n) is 27.8. The number of carbonyl (C=O) groups excluding carboxylic acids is 1. The second kappa shape index (κ2) is 14.7. The van der Waals surface area contributed by atoms with E-state index >= 15 is 0 Å². The summed E-state index contributed by atoms with van der Waals surface area (Å²) in [4.78, 5) is 15.8. The second-order valence-corrected chi connectivity index (χ2v) is 16.4. The lowest BCUT2D eigenvalue weighted by molar-refractivity contribution is 0.0456. The van der Waals surface area contributed by atoms with Gasteiger partial charge in [0.15, 0.2) is 0 Å². The third-order valence-corrected chi connectivity index (χ3v) is 12.9. The number of benzene rings is 2. The largest absolute Gasteiger partial charge is 0.490 e. The van der Waals surface area contributed by atoms with Crippen LogP contribution in [-0.4, -0.2) is 50.5 Å². The van der Waals surface area contributed by atoms with Crippen LogP contribution in [0.4, 0.5) is 5.69 Å². The molecule has 1 spiro atoms. The van der Waals surface area contributed by atoms with Gasteiger partial charge in [-0.1, -0.05) is 63.4 Å². The number of halogens is 1. The van der Waals surface area contributed by atoms with Crippen LogP contribution in [0.2, 0.25) is 5.02 Å². The van der Waals surface area contributed by atoms with Gasteiger partial charge in [-0.05, 0) is 111 Å². The average Bonchev–Trinajstić information content (AvgIpc) is 3.15. The highest BCUT2D eigenvalue weighted by molar-refractivity contribution is 7.90. The summed E-state index contributed by atoms with van der Waals surface area (Å²) < 4.78 is 35.3. The maximum atomic E-state index is 13.5. The number of ether oxygens (including phenoxy) is 1. The van der Waals surface area contributed by atoms with Crippen LogP contribution >= 0.6 is 11.6 Å². The molecule has 252 valence electrons. The average molecular weight is 671 g/mol. The van der Waals surface area contributed by atoms with Crippen molar-refractivity contribution < 1.29 is 23.1 Å². The molecule has 7 nitrogen and oxygen atoms in total. The van der Waals surface area contributed by atoms with Crippen molar-refractivity contribution in [2.24, 2.45) is 17.8 Å². The second-order valence-electron chi connectivity index (χ2n) is 13.9. The van der Waals surface area contributed by atoms with Gasteiger partial charge in [-0.3, -0.25) is 4.79 Å². The van der Waals surface area contributed by atoms with Crippen LogP contribution in [0.25, 0.3) is 0 Å². The Hall–Kier alpha value is -2.55. The van der Waals surface area contributed by atoms with Crippen molar-refractivity contribution in [1.82, 2.24) is 4.72 Å². The SMILES string of the molecule is CCC/C=C/[C@@H](O)[C@@H]1CC[C@H]1CN1C[C@@]2(CCCc3cc(Cl)ccc32)COc2ccc(C(=O)NS(=O)(=O)[C@H](C)[C@@H](C)CCC)cc21. The van der Waals surface area contributed by atoms with Gasteiger partial charge in [0.2, 0.25) is 10.0 Å². The Morgan fingerprint density at radius 2 is 1.98 bits per heavy atom. The summed E-state index contributed by atoms with van der Waals surface area (Å²) in [5.74, 6) is 0.418. The first kappa shape index (κ1) is 34.8. The van der Waals surface area contributed by atoms with E-state index in [0.717, 1.165) is 68.5 Å². The third-order valence-electron chi connectivity index (χ3n) is 10.7. The summed E-state index contributed by atoms with van der Waals surface area (Å²) in [6.07, 6.45) is 12.1. The molecule has 1 heterocycles. The Bertz CT molecular complexity index is 1530. The summed E-state index contributed by atoms with van der Waals surface area (Å²) in [7, 11) is -3.86. The quantitative estimate of drug-likeness (QED) is 0.228. The number of nitrogens with zero attached hydrogens (tertiary/aromatic N) is 1. The smallest absolute Gasteiger partial charge is 0.264 e. The zero-order chi connectivity index (χ0) is 33.1. The van der Waals surface area contributed by atoms with Gasteiger partial charge in [0, 0.05) is 29.1 Å². The molecule has 1 aliphatic heterocycles. The molecule has 2 aromatic rings. The maximum absolute atomic E-state index is 13.5. The van der Waals surface area contributed by atoms with Crippen molar-refractivity contribution in [3.63, 3.8) is 0 Å². The Morgan fingerprint density at radius 1 is 1.17 bits per heavy atom. The molecule has 6 atom stereocenters. The van der Waals surface area contributed by atoms with Crippen LogP contribution in [-0.2, 0) is 21.9 Å². The van der Waals surface area contributed by atoms with Crippen molar-refractivity contribution in [3.8, 4) is 5.75 Å². The molecule has 0 saturated heterocycles. The molecule has 2 aromatic carbocycles. The standard InChI is InChI=1S/C37H51ClN2O5S/c1-5-7-8-12-34(41)31-16-13-29(31)22-40-23-37(19-9-11-27-20-30(38)15-17-32(27)37)24-45-35-18-14-28(21-33(35)40)36(42)39-46(43,44)26(4)25(3)10-6-2/h8,12,14-15,17-18,20-21,25-26,29,31,34,41H,5-7,9-11,13,16,19,22-24H2,1-4H3,(H,39,42)/b12-8+/t25-,26+,29-,31+,34+,37-/m0/s1. The Kier molecular flexibility index (Phi) is 11.1. The van der Waals surface area contributed by atoms with Gasteiger partial charge in [0.25, 0.3) is 5.91 Å². The number of hydrogen-bond donors (Lipinski definition) is 2. The van der Waals surface area contributed by atoms with Crippen molar-refractivity contribution in [2.75, 3.05) is 24.6 Å². The summed E-state index contributed by atoms with van der Waals surface area (Å²) in [6.45, 7) is 9.62. The van der Waals surface area contributed by atoms with E-state index in [1.54, 1.807) is 25.1 Å². The van der Waals surface area contributed by atoms with Gasteiger partial charge in [-0.25, -0.2) is 13.1 Å². The van der Waals surface area contributed by atoms with Crippen LogP contribution < -0.4 is 14.4 Å². The molecule has 9 heteroatoms. The molecule has 5 rings (SSSR count). The number of anilines is 1. The molecule has 1 fully saturated rings. The molecular weight excluding hydrogens is 620 g/mol. The lowest BCUT2D eigenvalue weighted by Gasteiger charge is -2.45. The number of unbranched alkanes of at least 4 members (excludes halogenated alkanes) is 1. The Balaban J connectivity index is 1.47. The summed E-state index contributed by atoms with van der Waals surface area (Å²) in [5.41, 5.74) is 3.31. The van der Waals surface area contributed by atoms with Crippen molar-refractivity contribution >= 4 is 33.2 Å². The number of aliphatic hydroxyl groups is 1. The van der Waals surface area contributed by atoms with Gasteiger partial charge in [-0.2, -0.15) is 0 Å². The van der Waals surface area contributed by atoms with Gasteiger partial charge >= 0.3 is 0 Å². The van der Waals surface area contributed by atoms with Gasteiger partial charge in [-0.15, -0.1) is 0 Å². The van der Waals surface area contributed by atoms with Crippen LogP contribution in [0.5, 0.6) is 5.75 Å². The van der Waals surface area contributed by atoms with Crippen molar-refractivity contribution in [1.29, 1.82) is 0 Å². The van der Waals surface area contributed by atoms with Gasteiger partial charge in [0.1, 0.15) is 5.75 Å². The lowest BCUT2D eigenvalue weighted by atomic mass is 9.68. The van der Waals surface area contributed by atoms with Gasteiger partial charge in [0.05, 0.1) is 23.6 Å². The zero-order valence-corrected chi connectivity index (χ0v) is 29.4. The molecule has 0 bridgehead atoms. The highest BCUT2D eigenvalue weighted by atomic mass is 35.5. The number of hydrogen-bond acceptors (Lipinski definition) is 6. The highest BCUT2D eigenvalue weighted by Gasteiger charge is 2.44. The predicted molar refractivity (Wildman–Crippen MR) is 186 cm³/mol. The predicted octanol–water partition coefficient (Wildman–Crippen LogP) is 7.44. The van der Waals surface area contributed by atoms with E-state index in [1.807, 2.05) is 26.0 Å². The van der Waals surface area contributed by atoms with Gasteiger partial charge < -0.3 is 14.7 Å². The number of rotatable bonds is 12. The lowest BCUT2D eigenvalue weighted by Crippen LogP contribution is -2.49. The normalized spacial score (nSPS) is 24.7. The summed E-state index contributed by atoms with van der Waals surface area (Å²) in [5, 5.41) is 11.1. The molecular formula is C37H51ClN2O5S. The van der Waals surface area contributed by atoms with Crippen LogP contribution in [0.3, 0.4) is 0 Å². The number of aryl methyl sites for hydroxylation is 1. The number of carbonyl (C=O) groups is 1. The molecule has 0 aromatic heterocycles. The molecule has 0 unspecified atom stereocenters. The van der Waals surface area contributed by atoms with Crippen molar-refractivity contribution in [2.45, 2.75) is 102 Å². The minimum Gasteiger partial charge on any atom is -0.490 e. The Morgan fingerprint density at radius 3 is 2.70 bits per heavy atom. The fourth-order valence-corrected chi connectivity index (χ4v) is 9.14. The number of aliphatic hydroxyl groups excluding tert-OH is 1. The molecule has 46 heavy (non-hydrogen) atoms. The van der Waals surface area contributed by atoms with E-state index in [2.05, 4.69) is 34.8 Å².